The van der Waals surface area contributed by atoms with Gasteiger partial charge in [0.25, 0.3) is 5.91 Å². The van der Waals surface area contributed by atoms with Crippen molar-refractivity contribution in [2.45, 2.75) is 25.8 Å². The number of phenols is 1. The predicted molar refractivity (Wildman–Crippen MR) is 151 cm³/mol. The van der Waals surface area contributed by atoms with Crippen LogP contribution in [0.5, 0.6) is 5.75 Å². The molecule has 0 unspecified atom stereocenters. The van der Waals surface area contributed by atoms with Gasteiger partial charge in [-0.25, -0.2) is 9.97 Å². The summed E-state index contributed by atoms with van der Waals surface area (Å²) >= 11 is 0. The van der Waals surface area contributed by atoms with Crippen LogP contribution in [0.25, 0.3) is 32.8 Å². The Hall–Kier alpha value is -5.25. The third-order valence-electron chi connectivity index (χ3n) is 7.76. The Morgan fingerprint density at radius 2 is 1.93 bits per heavy atom. The van der Waals surface area contributed by atoms with Crippen molar-refractivity contribution in [2.24, 2.45) is 0 Å². The summed E-state index contributed by atoms with van der Waals surface area (Å²) in [7, 11) is 0. The zero-order valence-electron chi connectivity index (χ0n) is 21.6. The monoisotopic (exact) mass is 531 g/mol. The van der Waals surface area contributed by atoms with Gasteiger partial charge in [-0.15, -0.1) is 0 Å². The van der Waals surface area contributed by atoms with E-state index in [-0.39, 0.29) is 28.8 Å². The van der Waals surface area contributed by atoms with Crippen molar-refractivity contribution in [3.63, 3.8) is 0 Å². The fraction of sp³-hybridized carbons (Fsp3) is 0.167. The highest BCUT2D eigenvalue weighted by Gasteiger charge is 2.36. The van der Waals surface area contributed by atoms with Crippen molar-refractivity contribution in [3.05, 3.63) is 89.6 Å². The smallest absolute Gasteiger partial charge is 0.274 e. The van der Waals surface area contributed by atoms with Crippen molar-refractivity contribution in [3.8, 4) is 5.75 Å². The number of nitrogens with zero attached hydrogens (tertiary/aromatic N) is 4. The molecular formula is C30H25N7O3. The number of fused-ring (bicyclic) bond motifs is 5. The van der Waals surface area contributed by atoms with E-state index in [1.807, 2.05) is 47.9 Å². The first-order valence-electron chi connectivity index (χ1n) is 13.1. The number of carbonyl (C=O) groups excluding carboxylic acids is 2. The summed E-state index contributed by atoms with van der Waals surface area (Å²) in [6.45, 7) is 2.67. The normalized spacial score (nSPS) is 14.8. The molecule has 1 atom stereocenters. The molecule has 0 saturated carbocycles. The van der Waals surface area contributed by atoms with E-state index in [0.29, 0.717) is 53.0 Å². The molecule has 0 radical (unpaired) electrons. The van der Waals surface area contributed by atoms with E-state index in [1.165, 1.54) is 0 Å². The van der Waals surface area contributed by atoms with Crippen LogP contribution < -0.4 is 10.4 Å². The zero-order valence-corrected chi connectivity index (χ0v) is 21.6. The standard InChI is InChI=1S/C30H25N7O3/c1-2-24(38)16-7-8-21-17(9-16)10-22(35-21)30(40)37-13-18(12-36-15-34-28(31)27-29(36)33-14-32-27)26-20-6-4-3-5-19(20)25(39)11-23(26)37/h3-11,14-15,18,31,35,39H,2,12-13H2,1H3,(H,32,33)/t18-/m1/s1. The zero-order chi connectivity index (χ0) is 27.5. The van der Waals surface area contributed by atoms with Crippen LogP contribution in [0.4, 0.5) is 5.69 Å². The molecule has 7 rings (SSSR count). The van der Waals surface area contributed by atoms with E-state index in [9.17, 15) is 14.7 Å². The second kappa shape index (κ2) is 8.91. The van der Waals surface area contributed by atoms with Crippen molar-refractivity contribution >= 4 is 50.2 Å². The minimum absolute atomic E-state index is 0.0473. The average Bonchev–Trinajstić information content (AvgIpc) is 3.71. The first-order valence-corrected chi connectivity index (χ1v) is 13.1. The number of anilines is 1. The van der Waals surface area contributed by atoms with E-state index < -0.39 is 0 Å². The number of aromatic nitrogens is 5. The number of ketones is 1. The second-order valence-corrected chi connectivity index (χ2v) is 10.1. The van der Waals surface area contributed by atoms with Gasteiger partial charge in [0.05, 0.1) is 18.3 Å². The van der Waals surface area contributed by atoms with Crippen LogP contribution in [0, 0.1) is 5.41 Å². The Morgan fingerprint density at radius 3 is 2.75 bits per heavy atom. The van der Waals surface area contributed by atoms with Crippen molar-refractivity contribution in [2.75, 3.05) is 11.4 Å². The molecule has 10 nitrogen and oxygen atoms in total. The molecule has 1 aliphatic heterocycles. The van der Waals surface area contributed by atoms with Crippen LogP contribution in [0.15, 0.2) is 67.3 Å². The topological polar surface area (TPSA) is 144 Å². The third-order valence-corrected chi connectivity index (χ3v) is 7.76. The number of nitrogens with one attached hydrogen (secondary N) is 3. The molecular weight excluding hydrogens is 506 g/mol. The first-order chi connectivity index (χ1) is 19.4. The SMILES string of the molecule is CCC(=O)c1ccc2[nH]c(C(=O)N3C[C@@H](Cn4cnc(=N)c5[nH]cnc54)c4c3cc(O)c3ccccc43)cc2c1. The average molecular weight is 532 g/mol. The van der Waals surface area contributed by atoms with Crippen LogP contribution in [0.2, 0.25) is 0 Å². The Morgan fingerprint density at radius 1 is 1.10 bits per heavy atom. The number of aromatic hydroxyl groups is 1. The van der Waals surface area contributed by atoms with Crippen LogP contribution in [0.1, 0.15) is 45.7 Å². The fourth-order valence-electron chi connectivity index (χ4n) is 5.84. The number of aromatic amines is 2. The molecule has 0 fully saturated rings. The van der Waals surface area contributed by atoms with Crippen LogP contribution in [-0.4, -0.2) is 47.8 Å². The number of hydrogen-bond acceptors (Lipinski definition) is 6. The van der Waals surface area contributed by atoms with Gasteiger partial charge in [-0.05, 0) is 35.2 Å². The summed E-state index contributed by atoms with van der Waals surface area (Å²) in [5, 5.41) is 21.4. The summed E-state index contributed by atoms with van der Waals surface area (Å²) in [6.07, 6.45) is 3.56. The third kappa shape index (κ3) is 3.60. The minimum Gasteiger partial charge on any atom is -0.507 e. The van der Waals surface area contributed by atoms with Gasteiger partial charge in [-0.3, -0.25) is 15.0 Å². The van der Waals surface area contributed by atoms with Gasteiger partial charge < -0.3 is 24.5 Å². The summed E-state index contributed by atoms with van der Waals surface area (Å²) in [4.78, 5) is 42.7. The number of benzene rings is 3. The number of phenolic OH excluding ortho intramolecular Hbond substituents is 1. The molecule has 4 N–H and O–H groups in total. The Bertz CT molecular complexity index is 2050. The molecule has 40 heavy (non-hydrogen) atoms. The quantitative estimate of drug-likeness (QED) is 0.240. The Labute approximate surface area is 227 Å². The van der Waals surface area contributed by atoms with Crippen molar-refractivity contribution < 1.29 is 14.7 Å². The largest absolute Gasteiger partial charge is 0.507 e. The van der Waals surface area contributed by atoms with Gasteiger partial charge in [-0.1, -0.05) is 31.2 Å². The lowest BCUT2D eigenvalue weighted by atomic mass is 9.94. The van der Waals surface area contributed by atoms with E-state index >= 15 is 0 Å². The maximum absolute atomic E-state index is 14.0. The highest BCUT2D eigenvalue weighted by Crippen LogP contribution is 2.46. The number of hydrogen-bond donors (Lipinski definition) is 4. The lowest BCUT2D eigenvalue weighted by Gasteiger charge is -2.18. The molecule has 1 aliphatic rings. The second-order valence-electron chi connectivity index (χ2n) is 10.1. The molecule has 0 bridgehead atoms. The van der Waals surface area contributed by atoms with Crippen LogP contribution in [0.3, 0.4) is 0 Å². The van der Waals surface area contributed by atoms with E-state index in [1.54, 1.807) is 35.8 Å². The van der Waals surface area contributed by atoms with Gasteiger partial charge in [-0.2, -0.15) is 0 Å². The van der Waals surface area contributed by atoms with Crippen LogP contribution in [-0.2, 0) is 6.54 Å². The fourth-order valence-corrected chi connectivity index (χ4v) is 5.84. The summed E-state index contributed by atoms with van der Waals surface area (Å²) in [6, 6.07) is 16.5. The number of Topliss-reactive ketones (excluding diaryl/α,β-unsaturated/α-hetero) is 1. The van der Waals surface area contributed by atoms with Crippen LogP contribution >= 0.6 is 0 Å². The van der Waals surface area contributed by atoms with Gasteiger partial charge in [0.1, 0.15) is 17.0 Å². The first kappa shape index (κ1) is 23.8. The Kier molecular flexibility index (Phi) is 5.31. The van der Waals surface area contributed by atoms with Crippen molar-refractivity contribution in [1.82, 2.24) is 24.5 Å². The molecule has 1 amide bonds. The molecule has 10 heteroatoms. The predicted octanol–water partition coefficient (Wildman–Crippen LogP) is 4.62. The van der Waals surface area contributed by atoms with E-state index in [0.717, 1.165) is 21.9 Å². The number of imidazole rings is 1. The van der Waals surface area contributed by atoms with Gasteiger partial charge in [0.2, 0.25) is 0 Å². The molecule has 6 aromatic rings. The Balaban J connectivity index is 1.33. The van der Waals surface area contributed by atoms with Gasteiger partial charge >= 0.3 is 0 Å². The summed E-state index contributed by atoms with van der Waals surface area (Å²) < 4.78 is 1.89. The summed E-state index contributed by atoms with van der Waals surface area (Å²) in [5.74, 6) is -0.209. The number of amides is 1. The summed E-state index contributed by atoms with van der Waals surface area (Å²) in [5.41, 5.74) is 4.67. The highest BCUT2D eigenvalue weighted by molar-refractivity contribution is 6.11. The molecule has 0 spiro atoms. The van der Waals surface area contributed by atoms with Gasteiger partial charge in [0, 0.05) is 53.3 Å². The molecule has 4 heterocycles. The number of carbonyl (C=O) groups is 2. The lowest BCUT2D eigenvalue weighted by molar-refractivity contribution is 0.0978. The van der Waals surface area contributed by atoms with Crippen molar-refractivity contribution in [1.29, 1.82) is 5.41 Å². The molecule has 198 valence electrons. The van der Waals surface area contributed by atoms with E-state index in [2.05, 4.69) is 19.9 Å². The molecule has 0 saturated heterocycles. The molecule has 3 aromatic heterocycles. The highest BCUT2D eigenvalue weighted by atomic mass is 16.3. The van der Waals surface area contributed by atoms with Gasteiger partial charge in [0.15, 0.2) is 16.9 Å². The maximum Gasteiger partial charge on any atom is 0.274 e. The number of rotatable bonds is 5. The minimum atomic E-state index is -0.229. The maximum atomic E-state index is 14.0. The number of H-pyrrole nitrogens is 2. The van der Waals surface area contributed by atoms with E-state index in [4.69, 9.17) is 5.41 Å². The lowest BCUT2D eigenvalue weighted by Crippen LogP contribution is -2.31. The molecule has 0 aliphatic carbocycles. The molecule has 3 aromatic carbocycles.